The molecule has 0 aliphatic carbocycles. The van der Waals surface area contributed by atoms with Crippen molar-refractivity contribution in [2.75, 3.05) is 6.54 Å². The quantitative estimate of drug-likeness (QED) is 0.488. The van der Waals surface area contributed by atoms with Crippen LogP contribution >= 0.6 is 0 Å². The van der Waals surface area contributed by atoms with E-state index in [4.69, 9.17) is 0 Å². The number of nitrogens with zero attached hydrogens (tertiary/aromatic N) is 1. The van der Waals surface area contributed by atoms with E-state index < -0.39 is 0 Å². The third-order valence-electron chi connectivity index (χ3n) is 1.30. The Bertz CT molecular complexity index is 86.7. The summed E-state index contributed by atoms with van der Waals surface area (Å²) < 4.78 is 0. The summed E-state index contributed by atoms with van der Waals surface area (Å²) in [6.07, 6.45) is 2.35. The molecule has 2 atom stereocenters. The minimum absolute atomic E-state index is 0.339. The van der Waals surface area contributed by atoms with Gasteiger partial charge in [-0.3, -0.25) is 10.3 Å². The average Bonchev–Trinajstić information content (AvgIpc) is 1.77. The van der Waals surface area contributed by atoms with Crippen molar-refractivity contribution in [3.63, 3.8) is 0 Å². The van der Waals surface area contributed by atoms with Crippen LogP contribution in [0.5, 0.6) is 0 Å². The summed E-state index contributed by atoms with van der Waals surface area (Å²) in [5.41, 5.74) is 0. The van der Waals surface area contributed by atoms with Gasteiger partial charge in [-0.15, -0.1) is 0 Å². The maximum absolute atomic E-state index is 4.17. The van der Waals surface area contributed by atoms with Crippen LogP contribution in [-0.4, -0.2) is 18.9 Å². The van der Waals surface area contributed by atoms with Gasteiger partial charge in [-0.2, -0.15) is 0 Å². The van der Waals surface area contributed by atoms with Crippen molar-refractivity contribution in [1.29, 1.82) is 0 Å². The van der Waals surface area contributed by atoms with Crippen molar-refractivity contribution in [1.82, 2.24) is 5.32 Å². The zero-order chi connectivity index (χ0) is 5.98. The molecule has 1 aliphatic heterocycles. The molecule has 0 spiro atoms. The fraction of sp³-hybridized carbons (Fsp3) is 0.833. The van der Waals surface area contributed by atoms with E-state index in [0.717, 1.165) is 6.54 Å². The molecular weight excluding hydrogens is 100 g/mol. The summed E-state index contributed by atoms with van der Waals surface area (Å²) in [4.78, 5) is 4.17. The number of hydrogen-bond donors (Lipinski definition) is 1. The molecule has 46 valence electrons. The van der Waals surface area contributed by atoms with Gasteiger partial charge in [0.25, 0.3) is 0 Å². The molecule has 1 N–H and O–H groups in total. The Morgan fingerprint density at radius 1 is 1.62 bits per heavy atom. The van der Waals surface area contributed by atoms with Crippen LogP contribution in [0.3, 0.4) is 0 Å². The van der Waals surface area contributed by atoms with Gasteiger partial charge in [0.2, 0.25) is 0 Å². The number of nitrogens with one attached hydrogen (secondary N) is 1. The molecule has 1 rings (SSSR count). The summed E-state index contributed by atoms with van der Waals surface area (Å²) in [5.74, 6) is 0.617. The topological polar surface area (TPSA) is 24.4 Å². The minimum Gasteiger partial charge on any atom is -0.295 e. The van der Waals surface area contributed by atoms with Crippen molar-refractivity contribution in [3.8, 4) is 0 Å². The lowest BCUT2D eigenvalue weighted by Gasteiger charge is -2.17. The van der Waals surface area contributed by atoms with Gasteiger partial charge in [-0.25, -0.2) is 0 Å². The maximum Gasteiger partial charge on any atom is 0.0962 e. The van der Waals surface area contributed by atoms with Gasteiger partial charge in [-0.1, -0.05) is 6.92 Å². The molecule has 1 heterocycles. The smallest absolute Gasteiger partial charge is 0.0962 e. The lowest BCUT2D eigenvalue weighted by molar-refractivity contribution is 0.508. The lowest BCUT2D eigenvalue weighted by atomic mass is 10.2. The van der Waals surface area contributed by atoms with Crippen LogP contribution in [0.4, 0.5) is 0 Å². The Kier molecular flexibility index (Phi) is 1.63. The predicted octanol–water partition coefficient (Wildman–Crippen LogP) is 0.643. The van der Waals surface area contributed by atoms with E-state index in [1.54, 1.807) is 0 Å². The van der Waals surface area contributed by atoms with Crippen molar-refractivity contribution < 1.29 is 0 Å². The zero-order valence-electron chi connectivity index (χ0n) is 5.39. The average molecular weight is 112 g/mol. The minimum atomic E-state index is 0.339. The standard InChI is InChI=1S/C6H12N2/c1-5-3-7-6(2)8-4-5/h3,5-6,8H,4H2,1-2H3/t5?,6-/m0/s1. The third kappa shape index (κ3) is 1.30. The van der Waals surface area contributed by atoms with E-state index >= 15 is 0 Å². The molecule has 8 heavy (non-hydrogen) atoms. The highest BCUT2D eigenvalue weighted by Gasteiger charge is 2.05. The van der Waals surface area contributed by atoms with Crippen LogP contribution in [-0.2, 0) is 0 Å². The number of rotatable bonds is 0. The Labute approximate surface area is 50.0 Å². The van der Waals surface area contributed by atoms with Crippen LogP contribution < -0.4 is 5.32 Å². The maximum atomic E-state index is 4.17. The normalized spacial score (nSPS) is 37.8. The highest BCUT2D eigenvalue weighted by molar-refractivity contribution is 5.61. The molecule has 0 aromatic rings. The van der Waals surface area contributed by atoms with E-state index in [-0.39, 0.29) is 0 Å². The summed E-state index contributed by atoms with van der Waals surface area (Å²) in [7, 11) is 0. The van der Waals surface area contributed by atoms with Crippen molar-refractivity contribution in [2.24, 2.45) is 10.9 Å². The molecule has 0 radical (unpaired) electrons. The molecule has 0 saturated heterocycles. The zero-order valence-corrected chi connectivity index (χ0v) is 5.39. The van der Waals surface area contributed by atoms with E-state index in [9.17, 15) is 0 Å². The molecule has 0 saturated carbocycles. The Morgan fingerprint density at radius 3 is 2.75 bits per heavy atom. The molecule has 1 aliphatic rings. The molecule has 0 aromatic carbocycles. The first-order valence-corrected chi connectivity index (χ1v) is 3.05. The molecule has 0 fully saturated rings. The molecule has 2 nitrogen and oxygen atoms in total. The summed E-state index contributed by atoms with van der Waals surface area (Å²) >= 11 is 0. The van der Waals surface area contributed by atoms with Crippen molar-refractivity contribution in [2.45, 2.75) is 20.0 Å². The molecule has 0 amide bonds. The number of aliphatic imine (C=N–C) groups is 1. The monoisotopic (exact) mass is 112 g/mol. The first-order valence-electron chi connectivity index (χ1n) is 3.05. The van der Waals surface area contributed by atoms with Crippen molar-refractivity contribution in [3.05, 3.63) is 0 Å². The van der Waals surface area contributed by atoms with Gasteiger partial charge in [-0.05, 0) is 6.92 Å². The lowest BCUT2D eigenvalue weighted by Crippen LogP contribution is -2.33. The summed E-state index contributed by atoms with van der Waals surface area (Å²) in [5, 5.41) is 3.23. The first-order chi connectivity index (χ1) is 3.79. The van der Waals surface area contributed by atoms with Gasteiger partial charge >= 0.3 is 0 Å². The fourth-order valence-electron chi connectivity index (χ4n) is 0.738. The SMILES string of the molecule is CC1C=N[C@H](C)NC1. The third-order valence-corrected chi connectivity index (χ3v) is 1.30. The second-order valence-corrected chi connectivity index (χ2v) is 2.36. The first kappa shape index (κ1) is 5.76. The van der Waals surface area contributed by atoms with Gasteiger partial charge in [0.05, 0.1) is 6.17 Å². The predicted molar refractivity (Wildman–Crippen MR) is 35.1 cm³/mol. The summed E-state index contributed by atoms with van der Waals surface area (Å²) in [6, 6.07) is 0. The molecule has 2 heteroatoms. The van der Waals surface area contributed by atoms with Gasteiger partial charge in [0.15, 0.2) is 0 Å². The second-order valence-electron chi connectivity index (χ2n) is 2.36. The van der Waals surface area contributed by atoms with Crippen LogP contribution in [0.2, 0.25) is 0 Å². The van der Waals surface area contributed by atoms with Crippen LogP contribution in [0, 0.1) is 5.92 Å². The van der Waals surface area contributed by atoms with E-state index in [0.29, 0.717) is 12.1 Å². The highest BCUT2D eigenvalue weighted by atomic mass is 15.1. The van der Waals surface area contributed by atoms with E-state index in [2.05, 4.69) is 24.2 Å². The van der Waals surface area contributed by atoms with Gasteiger partial charge in [0, 0.05) is 18.7 Å². The molecular formula is C6H12N2. The Morgan fingerprint density at radius 2 is 2.38 bits per heavy atom. The highest BCUT2D eigenvalue weighted by Crippen LogP contribution is 1.96. The Hall–Kier alpha value is -0.370. The molecule has 0 bridgehead atoms. The van der Waals surface area contributed by atoms with Gasteiger partial charge < -0.3 is 0 Å². The second kappa shape index (κ2) is 2.27. The Balaban J connectivity index is 2.42. The number of hydrogen-bond acceptors (Lipinski definition) is 2. The van der Waals surface area contributed by atoms with Crippen molar-refractivity contribution >= 4 is 6.21 Å². The fourth-order valence-corrected chi connectivity index (χ4v) is 0.738. The van der Waals surface area contributed by atoms with E-state index in [1.165, 1.54) is 0 Å². The van der Waals surface area contributed by atoms with Gasteiger partial charge in [0.1, 0.15) is 0 Å². The molecule has 0 aromatic heterocycles. The molecule has 1 unspecified atom stereocenters. The van der Waals surface area contributed by atoms with Crippen LogP contribution in [0.1, 0.15) is 13.8 Å². The van der Waals surface area contributed by atoms with Crippen LogP contribution in [0.25, 0.3) is 0 Å². The largest absolute Gasteiger partial charge is 0.295 e. The summed E-state index contributed by atoms with van der Waals surface area (Å²) in [6.45, 7) is 5.29. The van der Waals surface area contributed by atoms with Crippen LogP contribution in [0.15, 0.2) is 4.99 Å². The van der Waals surface area contributed by atoms with E-state index in [1.807, 2.05) is 6.21 Å².